The Kier molecular flexibility index (Phi) is 9.32. The van der Waals surface area contributed by atoms with Crippen LogP contribution in [0.4, 0.5) is 0 Å². The van der Waals surface area contributed by atoms with Crippen molar-refractivity contribution in [2.75, 3.05) is 40.8 Å². The third kappa shape index (κ3) is 6.35. The van der Waals surface area contributed by atoms with Crippen molar-refractivity contribution in [1.29, 1.82) is 0 Å². The summed E-state index contributed by atoms with van der Waals surface area (Å²) in [7, 11) is 1.03. The van der Waals surface area contributed by atoms with Gasteiger partial charge in [0.25, 0.3) is 0 Å². The third-order valence-corrected chi connectivity index (χ3v) is 6.93. The predicted octanol–water partition coefficient (Wildman–Crippen LogP) is 4.26. The molecule has 0 spiro atoms. The zero-order valence-corrected chi connectivity index (χ0v) is 22.5. The van der Waals surface area contributed by atoms with E-state index in [1.54, 1.807) is 40.4 Å². The van der Waals surface area contributed by atoms with Gasteiger partial charge in [-0.25, -0.2) is 8.42 Å². The van der Waals surface area contributed by atoms with Crippen LogP contribution in [0.5, 0.6) is 28.7 Å². The van der Waals surface area contributed by atoms with E-state index in [2.05, 4.69) is 0 Å². The van der Waals surface area contributed by atoms with Crippen molar-refractivity contribution in [3.8, 4) is 28.7 Å². The van der Waals surface area contributed by atoms with Gasteiger partial charge >= 0.3 is 0 Å². The number of aliphatic hydroxyl groups excluding tert-OH is 1. The molecule has 1 heterocycles. The SMILES string of the molecule is CCCOc1c(OCC(C)O)cc(C2CCC(c3cc(OC)c(OC)c(OC)c3)O2)cc1S(C)(=O)=O. The molecule has 1 aliphatic rings. The lowest BCUT2D eigenvalue weighted by molar-refractivity contribution is 0.0433. The lowest BCUT2D eigenvalue weighted by Gasteiger charge is -2.21. The zero-order chi connectivity index (χ0) is 26.5. The van der Waals surface area contributed by atoms with Crippen LogP contribution in [-0.4, -0.2) is 60.4 Å². The molecule has 36 heavy (non-hydrogen) atoms. The first-order valence-electron chi connectivity index (χ1n) is 11.9. The van der Waals surface area contributed by atoms with E-state index in [-0.39, 0.29) is 35.2 Å². The molecule has 2 aromatic rings. The minimum absolute atomic E-state index is 0.00523. The second kappa shape index (κ2) is 12.0. The van der Waals surface area contributed by atoms with Crippen LogP contribution in [-0.2, 0) is 14.6 Å². The Labute approximate surface area is 213 Å². The first kappa shape index (κ1) is 27.9. The number of hydrogen-bond acceptors (Lipinski definition) is 9. The molecule has 3 unspecified atom stereocenters. The summed E-state index contributed by atoms with van der Waals surface area (Å²) >= 11 is 0. The molecule has 0 aliphatic carbocycles. The number of sulfone groups is 1. The van der Waals surface area contributed by atoms with Crippen LogP contribution in [0, 0.1) is 0 Å². The Balaban J connectivity index is 1.98. The van der Waals surface area contributed by atoms with E-state index < -0.39 is 15.9 Å². The molecule has 200 valence electrons. The van der Waals surface area contributed by atoms with Crippen LogP contribution in [0.2, 0.25) is 0 Å². The van der Waals surface area contributed by atoms with Crippen molar-refractivity contribution in [2.24, 2.45) is 0 Å². The van der Waals surface area contributed by atoms with E-state index in [9.17, 15) is 13.5 Å². The monoisotopic (exact) mass is 524 g/mol. The molecule has 9 nitrogen and oxygen atoms in total. The van der Waals surface area contributed by atoms with Crippen molar-refractivity contribution < 1.29 is 41.9 Å². The molecule has 1 N–H and O–H groups in total. The fourth-order valence-corrected chi connectivity index (χ4v) is 4.98. The Morgan fingerprint density at radius 1 is 0.917 bits per heavy atom. The van der Waals surface area contributed by atoms with Gasteiger partial charge < -0.3 is 33.5 Å². The van der Waals surface area contributed by atoms with Gasteiger partial charge in [-0.3, -0.25) is 0 Å². The molecule has 0 saturated carbocycles. The van der Waals surface area contributed by atoms with Gasteiger partial charge in [0.1, 0.15) is 11.5 Å². The second-order valence-corrected chi connectivity index (χ2v) is 10.8. The average Bonchev–Trinajstić information content (AvgIpc) is 3.34. The Morgan fingerprint density at radius 2 is 1.47 bits per heavy atom. The first-order chi connectivity index (χ1) is 17.1. The normalized spacial score (nSPS) is 18.5. The summed E-state index contributed by atoms with van der Waals surface area (Å²) < 4.78 is 59.7. The van der Waals surface area contributed by atoms with Gasteiger partial charge in [-0.05, 0) is 61.6 Å². The quantitative estimate of drug-likeness (QED) is 0.435. The molecular weight excluding hydrogens is 488 g/mol. The minimum Gasteiger partial charge on any atom is -0.493 e. The molecule has 3 rings (SSSR count). The Morgan fingerprint density at radius 3 is 1.94 bits per heavy atom. The number of hydrogen-bond donors (Lipinski definition) is 1. The molecule has 10 heteroatoms. The van der Waals surface area contributed by atoms with Crippen LogP contribution >= 0.6 is 0 Å². The highest BCUT2D eigenvalue weighted by Gasteiger charge is 2.32. The van der Waals surface area contributed by atoms with Gasteiger partial charge in [0.15, 0.2) is 32.8 Å². The fraction of sp³-hybridized carbons (Fsp3) is 0.538. The summed E-state index contributed by atoms with van der Waals surface area (Å²) in [4.78, 5) is 0.0360. The highest BCUT2D eigenvalue weighted by Crippen LogP contribution is 2.48. The van der Waals surface area contributed by atoms with Crippen LogP contribution in [0.25, 0.3) is 0 Å². The van der Waals surface area contributed by atoms with Crippen molar-refractivity contribution >= 4 is 9.84 Å². The number of aliphatic hydroxyl groups is 1. The molecule has 1 aliphatic heterocycles. The summed E-state index contributed by atoms with van der Waals surface area (Å²) in [5.74, 6) is 1.98. The molecule has 0 radical (unpaired) electrons. The largest absolute Gasteiger partial charge is 0.493 e. The molecule has 3 atom stereocenters. The van der Waals surface area contributed by atoms with E-state index in [0.717, 1.165) is 11.8 Å². The van der Waals surface area contributed by atoms with Crippen LogP contribution in [0.1, 0.15) is 56.4 Å². The number of rotatable bonds is 12. The number of benzene rings is 2. The molecule has 1 saturated heterocycles. The summed E-state index contributed by atoms with van der Waals surface area (Å²) in [5.41, 5.74) is 1.53. The maximum Gasteiger partial charge on any atom is 0.203 e. The van der Waals surface area contributed by atoms with Gasteiger partial charge in [0, 0.05) is 6.26 Å². The van der Waals surface area contributed by atoms with Gasteiger partial charge in [-0.1, -0.05) is 6.92 Å². The summed E-state index contributed by atoms with van der Waals surface area (Å²) in [6.45, 7) is 3.85. The molecule has 0 bridgehead atoms. The highest BCUT2D eigenvalue weighted by molar-refractivity contribution is 7.90. The van der Waals surface area contributed by atoms with Crippen LogP contribution < -0.4 is 23.7 Å². The van der Waals surface area contributed by atoms with Gasteiger partial charge in [-0.2, -0.15) is 0 Å². The smallest absolute Gasteiger partial charge is 0.203 e. The average molecular weight is 525 g/mol. The Hall–Kier alpha value is -2.69. The minimum atomic E-state index is -3.64. The van der Waals surface area contributed by atoms with Crippen molar-refractivity contribution in [3.63, 3.8) is 0 Å². The van der Waals surface area contributed by atoms with Crippen molar-refractivity contribution in [3.05, 3.63) is 35.4 Å². The van der Waals surface area contributed by atoms with E-state index in [1.807, 2.05) is 19.1 Å². The standard InChI is InChI=1S/C26H36O9S/c1-7-10-33-26-23(34-15-16(2)27)13-18(14-24(26)36(6,28)29)20-9-8-19(35-20)17-11-21(30-3)25(32-5)22(12-17)31-4/h11-14,16,19-20,27H,7-10,15H2,1-6H3. The lowest BCUT2D eigenvalue weighted by atomic mass is 10.0. The highest BCUT2D eigenvalue weighted by atomic mass is 32.2. The zero-order valence-electron chi connectivity index (χ0n) is 21.7. The van der Waals surface area contributed by atoms with Gasteiger partial charge in [0.2, 0.25) is 5.75 Å². The van der Waals surface area contributed by atoms with Crippen molar-refractivity contribution in [2.45, 2.75) is 56.3 Å². The molecule has 1 fully saturated rings. The maximum absolute atomic E-state index is 12.7. The topological polar surface area (TPSA) is 110 Å². The van der Waals surface area contributed by atoms with E-state index >= 15 is 0 Å². The molecular formula is C26H36O9S. The molecule has 2 aromatic carbocycles. The summed E-state index contributed by atoms with van der Waals surface area (Å²) in [6, 6.07) is 7.05. The van der Waals surface area contributed by atoms with Gasteiger partial charge in [-0.15, -0.1) is 0 Å². The van der Waals surface area contributed by atoms with E-state index in [1.165, 1.54) is 0 Å². The third-order valence-electron chi connectivity index (χ3n) is 5.82. The molecule has 0 aromatic heterocycles. The summed E-state index contributed by atoms with van der Waals surface area (Å²) in [5, 5.41) is 9.74. The Bertz CT molecular complexity index is 1120. The van der Waals surface area contributed by atoms with Crippen molar-refractivity contribution in [1.82, 2.24) is 0 Å². The summed E-state index contributed by atoms with van der Waals surface area (Å²) in [6.07, 6.45) is 1.83. The first-order valence-corrected chi connectivity index (χ1v) is 13.8. The number of ether oxygens (including phenoxy) is 6. The maximum atomic E-state index is 12.7. The van der Waals surface area contributed by atoms with Crippen LogP contribution in [0.15, 0.2) is 29.2 Å². The fourth-order valence-electron chi connectivity index (χ4n) is 4.14. The van der Waals surface area contributed by atoms with Gasteiger partial charge in [0.05, 0.1) is 46.2 Å². The second-order valence-electron chi connectivity index (χ2n) is 8.78. The lowest BCUT2D eigenvalue weighted by Crippen LogP contribution is -2.15. The predicted molar refractivity (Wildman–Crippen MR) is 134 cm³/mol. The molecule has 0 amide bonds. The van der Waals surface area contributed by atoms with Crippen LogP contribution in [0.3, 0.4) is 0 Å². The van der Waals surface area contributed by atoms with E-state index in [0.29, 0.717) is 48.7 Å². The number of methoxy groups -OCH3 is 3. The van der Waals surface area contributed by atoms with E-state index in [4.69, 9.17) is 28.4 Å².